The third-order valence-corrected chi connectivity index (χ3v) is 5.72. The lowest BCUT2D eigenvalue weighted by Gasteiger charge is -2.30. The smallest absolute Gasteiger partial charge is 0.255 e. The van der Waals surface area contributed by atoms with E-state index >= 15 is 0 Å². The van der Waals surface area contributed by atoms with E-state index in [0.717, 1.165) is 61.7 Å². The molecule has 0 aliphatic carbocycles. The van der Waals surface area contributed by atoms with Crippen molar-refractivity contribution in [2.24, 2.45) is 5.92 Å². The van der Waals surface area contributed by atoms with Gasteiger partial charge in [-0.3, -0.25) is 4.79 Å². The Morgan fingerprint density at radius 2 is 2.07 bits per heavy atom. The van der Waals surface area contributed by atoms with Crippen molar-refractivity contribution in [3.8, 4) is 5.75 Å². The number of methoxy groups -OCH3 is 1. The first-order valence-corrected chi connectivity index (χ1v) is 10.4. The summed E-state index contributed by atoms with van der Waals surface area (Å²) in [6.45, 7) is 5.16. The normalized spacial score (nSPS) is 19.2. The Balaban J connectivity index is 1.52. The maximum atomic E-state index is 13.0. The Morgan fingerprint density at radius 1 is 1.24 bits per heavy atom. The Labute approximate surface area is 172 Å². The Bertz CT molecular complexity index is 843. The van der Waals surface area contributed by atoms with Gasteiger partial charge in [0.25, 0.3) is 5.91 Å². The summed E-state index contributed by atoms with van der Waals surface area (Å²) in [5.74, 6) is 1.34. The predicted molar refractivity (Wildman–Crippen MR) is 115 cm³/mol. The van der Waals surface area contributed by atoms with Crippen molar-refractivity contribution < 1.29 is 14.3 Å². The first-order chi connectivity index (χ1) is 14.2. The number of hydrogen-bond acceptors (Lipinski definition) is 5. The van der Waals surface area contributed by atoms with E-state index in [1.165, 1.54) is 0 Å². The average Bonchev–Trinajstić information content (AvgIpc) is 3.28. The van der Waals surface area contributed by atoms with Crippen molar-refractivity contribution in [3.63, 3.8) is 0 Å². The van der Waals surface area contributed by atoms with E-state index in [1.54, 1.807) is 7.11 Å². The van der Waals surface area contributed by atoms with Crippen LogP contribution in [-0.2, 0) is 11.2 Å². The summed E-state index contributed by atoms with van der Waals surface area (Å²) in [4.78, 5) is 15.3. The molecule has 2 heterocycles. The van der Waals surface area contributed by atoms with E-state index in [9.17, 15) is 4.79 Å². The second-order valence-electron chi connectivity index (χ2n) is 7.66. The average molecular weight is 396 g/mol. The Hall–Kier alpha value is -2.57. The number of nitrogens with one attached hydrogen (secondary N) is 2. The molecule has 2 fully saturated rings. The highest BCUT2D eigenvalue weighted by Gasteiger charge is 2.20. The van der Waals surface area contributed by atoms with Crippen LogP contribution in [0.1, 0.15) is 22.3 Å². The molecule has 0 saturated carbocycles. The predicted octanol–water partition coefficient (Wildman–Crippen LogP) is 2.94. The van der Waals surface area contributed by atoms with E-state index in [-0.39, 0.29) is 5.91 Å². The minimum Gasteiger partial charge on any atom is -0.496 e. The van der Waals surface area contributed by atoms with Crippen LogP contribution in [0.5, 0.6) is 5.75 Å². The third-order valence-electron chi connectivity index (χ3n) is 5.72. The Kier molecular flexibility index (Phi) is 6.32. The maximum absolute atomic E-state index is 13.0. The van der Waals surface area contributed by atoms with Crippen LogP contribution in [-0.4, -0.2) is 52.4 Å². The number of carbonyl (C=O) groups excluding carboxylic acids is 1. The molecule has 2 aromatic rings. The van der Waals surface area contributed by atoms with Gasteiger partial charge in [0.2, 0.25) is 0 Å². The lowest BCUT2D eigenvalue weighted by Crippen LogP contribution is -2.36. The summed E-state index contributed by atoms with van der Waals surface area (Å²) in [6, 6.07) is 13.7. The van der Waals surface area contributed by atoms with Gasteiger partial charge < -0.3 is 25.0 Å². The van der Waals surface area contributed by atoms with Crippen molar-refractivity contribution in [3.05, 3.63) is 53.6 Å². The summed E-state index contributed by atoms with van der Waals surface area (Å²) < 4.78 is 11.0. The molecule has 2 aliphatic heterocycles. The number of benzene rings is 2. The molecule has 4 rings (SSSR count). The van der Waals surface area contributed by atoms with Crippen LogP contribution in [0.2, 0.25) is 0 Å². The van der Waals surface area contributed by atoms with Crippen LogP contribution in [0.15, 0.2) is 42.5 Å². The van der Waals surface area contributed by atoms with Crippen molar-refractivity contribution in [1.29, 1.82) is 0 Å². The molecular formula is C23H29N3O3. The van der Waals surface area contributed by atoms with Crippen LogP contribution in [0.3, 0.4) is 0 Å². The molecule has 6 heteroatoms. The number of ether oxygens (including phenoxy) is 2. The quantitative estimate of drug-likeness (QED) is 0.788. The molecule has 0 aromatic heterocycles. The van der Waals surface area contributed by atoms with Gasteiger partial charge in [0, 0.05) is 18.7 Å². The monoisotopic (exact) mass is 395 g/mol. The summed E-state index contributed by atoms with van der Waals surface area (Å²) >= 11 is 0. The second-order valence-corrected chi connectivity index (χ2v) is 7.66. The number of carbonyl (C=O) groups is 1. The summed E-state index contributed by atoms with van der Waals surface area (Å²) in [6.07, 6.45) is 2.08. The zero-order valence-electron chi connectivity index (χ0n) is 16.9. The number of anilines is 2. The van der Waals surface area contributed by atoms with Crippen LogP contribution in [0, 0.1) is 5.92 Å². The van der Waals surface area contributed by atoms with Crippen LogP contribution < -0.4 is 20.3 Å². The number of morpholine rings is 1. The van der Waals surface area contributed by atoms with Crippen molar-refractivity contribution >= 4 is 17.3 Å². The fraction of sp³-hybridized carbons (Fsp3) is 0.435. The molecule has 154 valence electrons. The molecule has 0 radical (unpaired) electrons. The largest absolute Gasteiger partial charge is 0.496 e. The van der Waals surface area contributed by atoms with Gasteiger partial charge in [-0.25, -0.2) is 0 Å². The van der Waals surface area contributed by atoms with Crippen molar-refractivity contribution in [2.45, 2.75) is 12.8 Å². The van der Waals surface area contributed by atoms with Gasteiger partial charge >= 0.3 is 0 Å². The lowest BCUT2D eigenvalue weighted by atomic mass is 9.96. The Morgan fingerprint density at radius 3 is 2.83 bits per heavy atom. The van der Waals surface area contributed by atoms with Crippen molar-refractivity contribution in [2.75, 3.05) is 56.7 Å². The summed E-state index contributed by atoms with van der Waals surface area (Å²) in [5, 5.41) is 6.51. The van der Waals surface area contributed by atoms with Gasteiger partial charge in [0.05, 0.1) is 31.7 Å². The van der Waals surface area contributed by atoms with E-state index in [1.807, 2.05) is 42.5 Å². The van der Waals surface area contributed by atoms with Gasteiger partial charge in [-0.1, -0.05) is 12.1 Å². The SMILES string of the molecule is COc1ccc(C(=O)Nc2ccccc2N2CCOCC2)cc1CC1CCNC1. The van der Waals surface area contributed by atoms with Gasteiger partial charge in [-0.15, -0.1) is 0 Å². The molecule has 0 spiro atoms. The topological polar surface area (TPSA) is 62.8 Å². The first kappa shape index (κ1) is 19.7. The van der Waals surface area contributed by atoms with E-state index in [4.69, 9.17) is 9.47 Å². The van der Waals surface area contributed by atoms with Gasteiger partial charge in [0.15, 0.2) is 0 Å². The van der Waals surface area contributed by atoms with Crippen molar-refractivity contribution in [1.82, 2.24) is 5.32 Å². The number of nitrogens with zero attached hydrogens (tertiary/aromatic N) is 1. The molecule has 6 nitrogen and oxygen atoms in total. The molecule has 29 heavy (non-hydrogen) atoms. The fourth-order valence-electron chi connectivity index (χ4n) is 4.13. The van der Waals surface area contributed by atoms with Crippen LogP contribution >= 0.6 is 0 Å². The standard InChI is InChI=1S/C23H29N3O3/c1-28-22-7-6-18(15-19(22)14-17-8-9-24-16-17)23(27)25-20-4-2-3-5-21(20)26-10-12-29-13-11-26/h2-7,15,17,24H,8-14,16H2,1H3,(H,25,27). The number of rotatable bonds is 6. The molecule has 1 amide bonds. The summed E-state index contributed by atoms with van der Waals surface area (Å²) in [5.41, 5.74) is 3.62. The number of hydrogen-bond donors (Lipinski definition) is 2. The minimum absolute atomic E-state index is 0.0980. The minimum atomic E-state index is -0.0980. The fourth-order valence-corrected chi connectivity index (χ4v) is 4.13. The third kappa shape index (κ3) is 4.71. The summed E-state index contributed by atoms with van der Waals surface area (Å²) in [7, 11) is 1.68. The van der Waals surface area contributed by atoms with E-state index in [2.05, 4.69) is 15.5 Å². The molecule has 2 aromatic carbocycles. The van der Waals surface area contributed by atoms with Gasteiger partial charge in [-0.05, 0) is 67.7 Å². The molecule has 2 aliphatic rings. The van der Waals surface area contributed by atoms with Gasteiger partial charge in [0.1, 0.15) is 5.75 Å². The zero-order valence-corrected chi connectivity index (χ0v) is 16.9. The molecule has 1 unspecified atom stereocenters. The molecule has 2 saturated heterocycles. The highest BCUT2D eigenvalue weighted by molar-refractivity contribution is 6.06. The van der Waals surface area contributed by atoms with E-state index < -0.39 is 0 Å². The second kappa shape index (κ2) is 9.29. The first-order valence-electron chi connectivity index (χ1n) is 10.4. The van der Waals surface area contributed by atoms with Gasteiger partial charge in [-0.2, -0.15) is 0 Å². The lowest BCUT2D eigenvalue weighted by molar-refractivity contribution is 0.102. The zero-order chi connectivity index (χ0) is 20.1. The maximum Gasteiger partial charge on any atom is 0.255 e. The number of para-hydroxylation sites is 2. The molecular weight excluding hydrogens is 366 g/mol. The molecule has 0 bridgehead atoms. The van der Waals surface area contributed by atoms with Crippen LogP contribution in [0.4, 0.5) is 11.4 Å². The van der Waals surface area contributed by atoms with E-state index in [0.29, 0.717) is 24.7 Å². The highest BCUT2D eigenvalue weighted by atomic mass is 16.5. The highest BCUT2D eigenvalue weighted by Crippen LogP contribution is 2.28. The molecule has 2 N–H and O–H groups in total. The number of amides is 1. The van der Waals surface area contributed by atoms with Crippen LogP contribution in [0.25, 0.3) is 0 Å². The molecule has 1 atom stereocenters.